The van der Waals surface area contributed by atoms with Crippen molar-refractivity contribution < 1.29 is 19.1 Å². The average molecular weight is 399 g/mol. The highest BCUT2D eigenvalue weighted by Crippen LogP contribution is 2.29. The molecule has 0 spiro atoms. The first kappa shape index (κ1) is 19.7. The molecule has 1 aromatic carbocycles. The molecule has 2 saturated heterocycles. The van der Waals surface area contributed by atoms with E-state index < -0.39 is 18.2 Å². The highest BCUT2D eigenvalue weighted by molar-refractivity contribution is 5.97. The molecule has 1 N–H and O–H groups in total. The van der Waals surface area contributed by atoms with Crippen LogP contribution in [0.15, 0.2) is 24.3 Å². The van der Waals surface area contributed by atoms with Gasteiger partial charge in [0.2, 0.25) is 11.8 Å². The van der Waals surface area contributed by atoms with Gasteiger partial charge in [0.1, 0.15) is 17.8 Å². The smallest absolute Gasteiger partial charge is 0.410 e. The molecule has 0 aromatic heterocycles. The van der Waals surface area contributed by atoms with Crippen LogP contribution in [0.4, 0.5) is 4.79 Å². The summed E-state index contributed by atoms with van der Waals surface area (Å²) in [5.74, 6) is 0.810. The number of amides is 3. The Morgan fingerprint density at radius 2 is 1.83 bits per heavy atom. The molecule has 7 nitrogen and oxygen atoms in total. The first-order chi connectivity index (χ1) is 14.0. The molecule has 0 radical (unpaired) electrons. The molecule has 1 aromatic rings. The lowest BCUT2D eigenvalue weighted by Crippen LogP contribution is -2.70. The van der Waals surface area contributed by atoms with Crippen molar-refractivity contribution in [2.45, 2.75) is 57.5 Å². The summed E-state index contributed by atoms with van der Waals surface area (Å²) < 4.78 is 5.42. The topological polar surface area (TPSA) is 79.0 Å². The van der Waals surface area contributed by atoms with Crippen molar-refractivity contribution in [1.29, 1.82) is 0 Å². The molecule has 2 aliphatic heterocycles. The number of carbonyl (C=O) groups excluding carboxylic acids is 3. The Bertz CT molecular complexity index is 773. The predicted molar refractivity (Wildman–Crippen MR) is 107 cm³/mol. The predicted octanol–water partition coefficient (Wildman–Crippen LogP) is 2.48. The van der Waals surface area contributed by atoms with E-state index >= 15 is 0 Å². The molecule has 3 aliphatic rings. The van der Waals surface area contributed by atoms with Gasteiger partial charge in [0, 0.05) is 13.1 Å². The highest BCUT2D eigenvalue weighted by Gasteiger charge is 2.45. The molecular formula is C22H29N3O4. The molecule has 7 heteroatoms. The van der Waals surface area contributed by atoms with Crippen LogP contribution in [-0.2, 0) is 9.59 Å². The minimum absolute atomic E-state index is 0.00766. The SMILES string of the molecule is Cc1ccc(OC(=O)N2CCN3C(=O)[C@H](CC4CCCCC4)NC(=O)[C@H]3C2)cc1. The maximum absolute atomic E-state index is 13.0. The van der Waals surface area contributed by atoms with Crippen LogP contribution in [0.25, 0.3) is 0 Å². The number of nitrogens with one attached hydrogen (secondary N) is 1. The van der Waals surface area contributed by atoms with Crippen LogP contribution < -0.4 is 10.1 Å². The van der Waals surface area contributed by atoms with Crippen LogP contribution in [-0.4, -0.2) is 59.4 Å². The Kier molecular flexibility index (Phi) is 5.74. The second-order valence-electron chi connectivity index (χ2n) is 8.48. The van der Waals surface area contributed by atoms with Crippen molar-refractivity contribution in [2.24, 2.45) is 5.92 Å². The number of fused-ring (bicyclic) bond motifs is 1. The molecule has 0 bridgehead atoms. The van der Waals surface area contributed by atoms with Crippen molar-refractivity contribution in [3.05, 3.63) is 29.8 Å². The Labute approximate surface area is 171 Å². The van der Waals surface area contributed by atoms with E-state index in [4.69, 9.17) is 4.74 Å². The largest absolute Gasteiger partial charge is 0.415 e. The molecule has 3 amide bonds. The Morgan fingerprint density at radius 1 is 1.10 bits per heavy atom. The minimum atomic E-state index is -0.635. The Hall–Kier alpha value is -2.57. The normalized spacial score (nSPS) is 25.4. The molecule has 4 rings (SSSR count). The third kappa shape index (κ3) is 4.38. The van der Waals surface area contributed by atoms with Gasteiger partial charge >= 0.3 is 6.09 Å². The number of aryl methyl sites for hydroxylation is 1. The number of nitrogens with zero attached hydrogens (tertiary/aromatic N) is 2. The fraction of sp³-hybridized carbons (Fsp3) is 0.591. The van der Waals surface area contributed by atoms with Gasteiger partial charge in [0.15, 0.2) is 0 Å². The molecule has 2 heterocycles. The van der Waals surface area contributed by atoms with Crippen LogP contribution in [0.2, 0.25) is 0 Å². The van der Waals surface area contributed by atoms with E-state index in [1.165, 1.54) is 24.2 Å². The van der Waals surface area contributed by atoms with Crippen molar-refractivity contribution in [1.82, 2.24) is 15.1 Å². The van der Waals surface area contributed by atoms with Crippen molar-refractivity contribution in [2.75, 3.05) is 19.6 Å². The van der Waals surface area contributed by atoms with Gasteiger partial charge in [-0.05, 0) is 31.4 Å². The van der Waals surface area contributed by atoms with Gasteiger partial charge in [-0.25, -0.2) is 4.79 Å². The fourth-order valence-corrected chi connectivity index (χ4v) is 4.65. The standard InChI is InChI=1S/C22H29N3O4/c1-15-7-9-17(10-8-15)29-22(28)24-11-12-25-19(14-24)20(26)23-18(21(25)27)13-16-5-3-2-4-6-16/h7-10,16,18-19H,2-6,11-14H2,1H3,(H,23,26)/t18-,19+/m0/s1. The zero-order chi connectivity index (χ0) is 20.4. The third-order valence-electron chi connectivity index (χ3n) is 6.36. The summed E-state index contributed by atoms with van der Waals surface area (Å²) in [5.41, 5.74) is 1.08. The molecule has 29 heavy (non-hydrogen) atoms. The second-order valence-corrected chi connectivity index (χ2v) is 8.48. The number of rotatable bonds is 3. The average Bonchev–Trinajstić information content (AvgIpc) is 2.74. The van der Waals surface area contributed by atoms with E-state index in [1.54, 1.807) is 17.0 Å². The number of hydrogen-bond donors (Lipinski definition) is 1. The van der Waals surface area contributed by atoms with Gasteiger partial charge in [-0.3, -0.25) is 9.59 Å². The van der Waals surface area contributed by atoms with Gasteiger partial charge in [-0.1, -0.05) is 49.8 Å². The lowest BCUT2D eigenvalue weighted by atomic mass is 9.84. The van der Waals surface area contributed by atoms with E-state index in [-0.39, 0.29) is 18.4 Å². The molecular weight excluding hydrogens is 370 g/mol. The van der Waals surface area contributed by atoms with Crippen LogP contribution in [0.5, 0.6) is 5.75 Å². The first-order valence-electron chi connectivity index (χ1n) is 10.7. The number of carbonyl (C=O) groups is 3. The molecule has 1 aliphatic carbocycles. The number of ether oxygens (including phenoxy) is 1. The van der Waals surface area contributed by atoms with Gasteiger partial charge in [0.05, 0.1) is 6.54 Å². The number of hydrogen-bond acceptors (Lipinski definition) is 4. The van der Waals surface area contributed by atoms with E-state index in [0.29, 0.717) is 24.8 Å². The van der Waals surface area contributed by atoms with E-state index in [0.717, 1.165) is 24.8 Å². The van der Waals surface area contributed by atoms with Crippen LogP contribution in [0.3, 0.4) is 0 Å². The van der Waals surface area contributed by atoms with Crippen LogP contribution in [0, 0.1) is 12.8 Å². The zero-order valence-corrected chi connectivity index (χ0v) is 16.9. The van der Waals surface area contributed by atoms with Gasteiger partial charge in [0.25, 0.3) is 0 Å². The molecule has 1 saturated carbocycles. The van der Waals surface area contributed by atoms with Crippen molar-refractivity contribution in [3.8, 4) is 5.75 Å². The van der Waals surface area contributed by atoms with E-state index in [1.807, 2.05) is 19.1 Å². The number of piperazine rings is 2. The van der Waals surface area contributed by atoms with Gasteiger partial charge in [-0.15, -0.1) is 0 Å². The highest BCUT2D eigenvalue weighted by atomic mass is 16.6. The second kappa shape index (κ2) is 8.43. The summed E-state index contributed by atoms with van der Waals surface area (Å²) in [4.78, 5) is 41.3. The summed E-state index contributed by atoms with van der Waals surface area (Å²) in [6.07, 6.45) is 6.21. The lowest BCUT2D eigenvalue weighted by molar-refractivity contribution is -0.152. The fourth-order valence-electron chi connectivity index (χ4n) is 4.65. The zero-order valence-electron chi connectivity index (χ0n) is 16.9. The number of benzene rings is 1. The summed E-state index contributed by atoms with van der Waals surface area (Å²) in [5, 5.41) is 2.92. The summed E-state index contributed by atoms with van der Waals surface area (Å²) in [7, 11) is 0. The quantitative estimate of drug-likeness (QED) is 0.847. The van der Waals surface area contributed by atoms with Crippen molar-refractivity contribution in [3.63, 3.8) is 0 Å². The van der Waals surface area contributed by atoms with E-state index in [2.05, 4.69) is 5.32 Å². The van der Waals surface area contributed by atoms with E-state index in [9.17, 15) is 14.4 Å². The van der Waals surface area contributed by atoms with Gasteiger partial charge < -0.3 is 19.9 Å². The summed E-state index contributed by atoms with van der Waals surface area (Å²) in [6.45, 7) is 2.86. The monoisotopic (exact) mass is 399 g/mol. The molecule has 156 valence electrons. The molecule has 3 fully saturated rings. The summed E-state index contributed by atoms with van der Waals surface area (Å²) >= 11 is 0. The summed E-state index contributed by atoms with van der Waals surface area (Å²) in [6, 6.07) is 6.18. The molecule has 2 atom stereocenters. The van der Waals surface area contributed by atoms with Crippen LogP contribution >= 0.6 is 0 Å². The van der Waals surface area contributed by atoms with Crippen molar-refractivity contribution >= 4 is 17.9 Å². The Morgan fingerprint density at radius 3 is 2.55 bits per heavy atom. The third-order valence-corrected chi connectivity index (χ3v) is 6.36. The minimum Gasteiger partial charge on any atom is -0.410 e. The lowest BCUT2D eigenvalue weighted by Gasteiger charge is -2.45. The first-order valence-corrected chi connectivity index (χ1v) is 10.7. The van der Waals surface area contributed by atoms with Gasteiger partial charge in [-0.2, -0.15) is 0 Å². The van der Waals surface area contributed by atoms with Crippen LogP contribution in [0.1, 0.15) is 44.1 Å². The maximum atomic E-state index is 13.0. The molecule has 0 unspecified atom stereocenters. The maximum Gasteiger partial charge on any atom is 0.415 e. The Balaban J connectivity index is 1.36.